The van der Waals surface area contributed by atoms with Crippen LogP contribution in [0.3, 0.4) is 0 Å². The standard InChI is InChI=1S/C16H21NO2/c1-2-3-7-12-17-16(19)15-11-5-4-9-14(15)10-6-8-13-18/h4-5,9,11,18H,2-3,7-8,12-13H2,1H3,(H,17,19). The molecule has 1 rings (SSSR count). The third-order valence-corrected chi connectivity index (χ3v) is 2.70. The topological polar surface area (TPSA) is 49.3 Å². The molecule has 0 saturated carbocycles. The Balaban J connectivity index is 2.66. The summed E-state index contributed by atoms with van der Waals surface area (Å²) in [5.74, 6) is 5.69. The van der Waals surface area contributed by atoms with Crippen molar-refractivity contribution in [2.75, 3.05) is 13.2 Å². The van der Waals surface area contributed by atoms with E-state index in [9.17, 15) is 4.79 Å². The third-order valence-electron chi connectivity index (χ3n) is 2.70. The van der Waals surface area contributed by atoms with Crippen molar-refractivity contribution in [3.8, 4) is 11.8 Å². The third kappa shape index (κ3) is 5.58. The van der Waals surface area contributed by atoms with Crippen LogP contribution in [0, 0.1) is 11.8 Å². The number of amides is 1. The maximum Gasteiger partial charge on any atom is 0.252 e. The fourth-order valence-electron chi connectivity index (χ4n) is 1.68. The van der Waals surface area contributed by atoms with Gasteiger partial charge in [0.2, 0.25) is 0 Å². The van der Waals surface area contributed by atoms with Crippen molar-refractivity contribution in [3.05, 3.63) is 35.4 Å². The molecule has 0 aliphatic rings. The molecule has 0 unspecified atom stereocenters. The van der Waals surface area contributed by atoms with Crippen molar-refractivity contribution in [2.45, 2.75) is 32.6 Å². The number of rotatable bonds is 6. The predicted octanol–water partition coefficient (Wildman–Crippen LogP) is 2.34. The molecule has 1 amide bonds. The minimum absolute atomic E-state index is 0.0401. The Morgan fingerprint density at radius 2 is 2.11 bits per heavy atom. The minimum atomic E-state index is -0.0787. The zero-order chi connectivity index (χ0) is 13.9. The number of aliphatic hydroxyl groups is 1. The maximum atomic E-state index is 12.0. The van der Waals surface area contributed by atoms with Gasteiger partial charge in [0.05, 0.1) is 12.2 Å². The van der Waals surface area contributed by atoms with E-state index in [4.69, 9.17) is 5.11 Å². The fourth-order valence-corrected chi connectivity index (χ4v) is 1.68. The van der Waals surface area contributed by atoms with Crippen LogP contribution in [0.1, 0.15) is 48.5 Å². The average Bonchev–Trinajstić information content (AvgIpc) is 2.44. The zero-order valence-electron chi connectivity index (χ0n) is 11.4. The molecule has 3 nitrogen and oxygen atoms in total. The molecular formula is C16H21NO2. The zero-order valence-corrected chi connectivity index (χ0v) is 11.4. The van der Waals surface area contributed by atoms with Gasteiger partial charge in [-0.15, -0.1) is 0 Å². The van der Waals surface area contributed by atoms with Crippen LogP contribution in [0.15, 0.2) is 24.3 Å². The molecule has 0 radical (unpaired) electrons. The second kappa shape index (κ2) is 9.18. The largest absolute Gasteiger partial charge is 0.395 e. The fraction of sp³-hybridized carbons (Fsp3) is 0.438. The van der Waals surface area contributed by atoms with Gasteiger partial charge in [0.25, 0.3) is 5.91 Å². The minimum Gasteiger partial charge on any atom is -0.395 e. The van der Waals surface area contributed by atoms with Crippen LogP contribution in [0.5, 0.6) is 0 Å². The highest BCUT2D eigenvalue weighted by molar-refractivity contribution is 5.96. The summed E-state index contributed by atoms with van der Waals surface area (Å²) >= 11 is 0. The van der Waals surface area contributed by atoms with Gasteiger partial charge < -0.3 is 10.4 Å². The van der Waals surface area contributed by atoms with Crippen molar-refractivity contribution < 1.29 is 9.90 Å². The van der Waals surface area contributed by atoms with Crippen LogP contribution in [-0.2, 0) is 0 Å². The predicted molar refractivity (Wildman–Crippen MR) is 76.9 cm³/mol. The Hall–Kier alpha value is -1.79. The van der Waals surface area contributed by atoms with E-state index in [1.807, 2.05) is 18.2 Å². The van der Waals surface area contributed by atoms with Gasteiger partial charge in [-0.3, -0.25) is 4.79 Å². The van der Waals surface area contributed by atoms with Gasteiger partial charge in [-0.05, 0) is 18.6 Å². The molecule has 0 fully saturated rings. The van der Waals surface area contributed by atoms with Gasteiger partial charge >= 0.3 is 0 Å². The number of benzene rings is 1. The SMILES string of the molecule is CCCCCNC(=O)c1ccccc1C#CCCO. The smallest absolute Gasteiger partial charge is 0.252 e. The molecule has 0 heterocycles. The van der Waals surface area contributed by atoms with E-state index < -0.39 is 0 Å². The van der Waals surface area contributed by atoms with E-state index in [-0.39, 0.29) is 12.5 Å². The molecule has 0 aliphatic carbocycles. The number of hydrogen-bond acceptors (Lipinski definition) is 2. The Morgan fingerprint density at radius 1 is 1.32 bits per heavy atom. The van der Waals surface area contributed by atoms with E-state index in [0.29, 0.717) is 24.1 Å². The van der Waals surface area contributed by atoms with Gasteiger partial charge in [0.1, 0.15) is 0 Å². The number of nitrogens with one attached hydrogen (secondary N) is 1. The summed E-state index contributed by atoms with van der Waals surface area (Å²) in [7, 11) is 0. The van der Waals surface area contributed by atoms with Gasteiger partial charge in [0.15, 0.2) is 0 Å². The summed E-state index contributed by atoms with van der Waals surface area (Å²) in [6.45, 7) is 2.87. The highest BCUT2D eigenvalue weighted by Gasteiger charge is 2.08. The molecule has 1 aromatic rings. The number of unbranched alkanes of at least 4 members (excludes halogenated alkanes) is 2. The molecule has 2 N–H and O–H groups in total. The molecule has 1 aromatic carbocycles. The van der Waals surface area contributed by atoms with Gasteiger partial charge in [0, 0.05) is 18.5 Å². The molecule has 102 valence electrons. The summed E-state index contributed by atoms with van der Waals surface area (Å²) in [6.07, 6.45) is 3.68. The Kier molecular flexibility index (Phi) is 7.38. The summed E-state index contributed by atoms with van der Waals surface area (Å²) in [5, 5.41) is 11.6. The lowest BCUT2D eigenvalue weighted by Gasteiger charge is -2.06. The molecule has 0 bridgehead atoms. The van der Waals surface area contributed by atoms with E-state index >= 15 is 0 Å². The van der Waals surface area contributed by atoms with Crippen LogP contribution in [-0.4, -0.2) is 24.2 Å². The van der Waals surface area contributed by atoms with E-state index in [1.54, 1.807) is 6.07 Å². The number of carbonyl (C=O) groups is 1. The first-order chi connectivity index (χ1) is 9.29. The Morgan fingerprint density at radius 3 is 2.84 bits per heavy atom. The molecule has 0 spiro atoms. The van der Waals surface area contributed by atoms with E-state index in [2.05, 4.69) is 24.1 Å². The first-order valence-electron chi connectivity index (χ1n) is 6.76. The van der Waals surface area contributed by atoms with Crippen molar-refractivity contribution in [1.82, 2.24) is 5.32 Å². The van der Waals surface area contributed by atoms with Gasteiger partial charge in [-0.25, -0.2) is 0 Å². The normalized spacial score (nSPS) is 9.58. The molecule has 0 atom stereocenters. The van der Waals surface area contributed by atoms with Crippen LogP contribution in [0.25, 0.3) is 0 Å². The van der Waals surface area contributed by atoms with E-state index in [0.717, 1.165) is 19.3 Å². The molecule has 3 heteroatoms. The number of carbonyl (C=O) groups excluding carboxylic acids is 1. The summed E-state index contributed by atoms with van der Waals surface area (Å²) < 4.78 is 0. The van der Waals surface area contributed by atoms with E-state index in [1.165, 1.54) is 0 Å². The van der Waals surface area contributed by atoms with Crippen LogP contribution < -0.4 is 5.32 Å². The number of aliphatic hydroxyl groups excluding tert-OH is 1. The van der Waals surface area contributed by atoms with Gasteiger partial charge in [-0.1, -0.05) is 43.7 Å². The maximum absolute atomic E-state index is 12.0. The Bertz CT molecular complexity index is 457. The highest BCUT2D eigenvalue weighted by atomic mass is 16.2. The summed E-state index contributed by atoms with van der Waals surface area (Å²) in [6, 6.07) is 7.29. The lowest BCUT2D eigenvalue weighted by Crippen LogP contribution is -2.25. The average molecular weight is 259 g/mol. The number of hydrogen-bond donors (Lipinski definition) is 2. The molecule has 0 saturated heterocycles. The van der Waals surface area contributed by atoms with Crippen LogP contribution in [0.4, 0.5) is 0 Å². The molecule has 0 aliphatic heterocycles. The lowest BCUT2D eigenvalue weighted by atomic mass is 10.1. The highest BCUT2D eigenvalue weighted by Crippen LogP contribution is 2.07. The molecule has 19 heavy (non-hydrogen) atoms. The first kappa shape index (κ1) is 15.3. The Labute approximate surface area is 115 Å². The summed E-state index contributed by atoms with van der Waals surface area (Å²) in [4.78, 5) is 12.0. The van der Waals surface area contributed by atoms with Gasteiger partial charge in [-0.2, -0.15) is 0 Å². The second-order valence-electron chi connectivity index (χ2n) is 4.28. The van der Waals surface area contributed by atoms with Crippen LogP contribution in [0.2, 0.25) is 0 Å². The summed E-state index contributed by atoms with van der Waals surface area (Å²) in [5.41, 5.74) is 1.31. The first-order valence-corrected chi connectivity index (χ1v) is 6.76. The molecule has 0 aromatic heterocycles. The van der Waals surface area contributed by atoms with Crippen molar-refractivity contribution in [3.63, 3.8) is 0 Å². The quantitative estimate of drug-likeness (QED) is 0.608. The van der Waals surface area contributed by atoms with Crippen LogP contribution >= 0.6 is 0 Å². The second-order valence-corrected chi connectivity index (χ2v) is 4.28. The lowest BCUT2D eigenvalue weighted by molar-refractivity contribution is 0.0952. The van der Waals surface area contributed by atoms with Crippen molar-refractivity contribution in [2.24, 2.45) is 0 Å². The molecular weight excluding hydrogens is 238 g/mol. The monoisotopic (exact) mass is 259 g/mol. The van der Waals surface area contributed by atoms with Crippen molar-refractivity contribution in [1.29, 1.82) is 0 Å². The van der Waals surface area contributed by atoms with Crippen molar-refractivity contribution >= 4 is 5.91 Å².